The topological polar surface area (TPSA) is 94.1 Å². The second kappa shape index (κ2) is 5.35. The Labute approximate surface area is 147 Å². The molecule has 25 heavy (non-hydrogen) atoms. The van der Waals surface area contributed by atoms with E-state index in [-0.39, 0.29) is 23.6 Å². The fraction of sp³-hybridized carbons (Fsp3) is 0.353. The number of aromatic nitrogens is 3. The maximum Gasteiger partial charge on any atom is 0.202 e. The van der Waals surface area contributed by atoms with Crippen LogP contribution >= 0.6 is 11.3 Å². The predicted octanol–water partition coefficient (Wildman–Crippen LogP) is 1.62. The lowest BCUT2D eigenvalue weighted by Gasteiger charge is -2.30. The molecule has 2 aliphatic heterocycles. The molecule has 5 rings (SSSR count). The number of ketones is 1. The van der Waals surface area contributed by atoms with E-state index in [2.05, 4.69) is 25.4 Å². The zero-order chi connectivity index (χ0) is 17.1. The molecule has 2 aliphatic rings. The zero-order valence-corrected chi connectivity index (χ0v) is 14.4. The Morgan fingerprint density at radius 3 is 3.04 bits per heavy atom. The molecule has 0 radical (unpaired) electrons. The highest BCUT2D eigenvalue weighted by Gasteiger charge is 2.48. The van der Waals surface area contributed by atoms with Gasteiger partial charge in [0, 0.05) is 35.6 Å². The number of phenols is 1. The number of aromatic amines is 1. The summed E-state index contributed by atoms with van der Waals surface area (Å²) >= 11 is 1.45. The highest BCUT2D eigenvalue weighted by Crippen LogP contribution is 2.36. The van der Waals surface area contributed by atoms with Gasteiger partial charge in [0.25, 0.3) is 0 Å². The average Bonchev–Trinajstić information content (AvgIpc) is 3.37. The van der Waals surface area contributed by atoms with Gasteiger partial charge in [0.15, 0.2) is 0 Å². The summed E-state index contributed by atoms with van der Waals surface area (Å²) in [4.78, 5) is 19.5. The van der Waals surface area contributed by atoms with Crippen LogP contribution < -0.4 is 5.32 Å². The lowest BCUT2D eigenvalue weighted by molar-refractivity contribution is 0.0811. The molecule has 0 spiro atoms. The van der Waals surface area contributed by atoms with E-state index < -0.39 is 0 Å². The SMILES string of the molecule is CN1C(C(=O)c2n[nH]c3cc(-c4nccs4)c(O)cc23)[C@H]2C[C@H]1CN2. The normalized spacial score (nSPS) is 25.9. The van der Waals surface area contributed by atoms with Gasteiger partial charge in [0.2, 0.25) is 5.78 Å². The van der Waals surface area contributed by atoms with Crippen LogP contribution in [0.1, 0.15) is 16.9 Å². The number of nitrogens with zero attached hydrogens (tertiary/aromatic N) is 3. The number of fused-ring (bicyclic) bond motifs is 3. The molecule has 0 saturated carbocycles. The fourth-order valence-corrected chi connectivity index (χ4v) is 4.75. The largest absolute Gasteiger partial charge is 0.507 e. The van der Waals surface area contributed by atoms with Crippen molar-refractivity contribution < 1.29 is 9.90 Å². The molecular weight excluding hydrogens is 338 g/mol. The second-order valence-corrected chi connectivity index (χ2v) is 7.60. The molecule has 3 N–H and O–H groups in total. The van der Waals surface area contributed by atoms with Crippen LogP contribution in [0.2, 0.25) is 0 Å². The van der Waals surface area contributed by atoms with Crippen molar-refractivity contribution in [3.05, 3.63) is 29.4 Å². The van der Waals surface area contributed by atoms with Crippen molar-refractivity contribution in [2.24, 2.45) is 0 Å². The minimum Gasteiger partial charge on any atom is -0.507 e. The molecule has 2 saturated heterocycles. The molecular formula is C17H17N5O2S. The first-order valence-electron chi connectivity index (χ1n) is 8.24. The monoisotopic (exact) mass is 355 g/mol. The molecule has 3 aromatic rings. The smallest absolute Gasteiger partial charge is 0.202 e. The molecule has 7 nitrogen and oxygen atoms in total. The van der Waals surface area contributed by atoms with Crippen LogP contribution in [0.5, 0.6) is 5.75 Å². The number of nitrogens with one attached hydrogen (secondary N) is 2. The van der Waals surface area contributed by atoms with Gasteiger partial charge in [-0.05, 0) is 25.6 Å². The molecule has 1 aromatic carbocycles. The van der Waals surface area contributed by atoms with Crippen molar-refractivity contribution >= 4 is 28.0 Å². The third kappa shape index (κ3) is 2.14. The van der Waals surface area contributed by atoms with Gasteiger partial charge in [-0.15, -0.1) is 11.3 Å². The number of phenolic OH excluding ortho intramolecular Hbond substituents is 1. The summed E-state index contributed by atoms with van der Waals surface area (Å²) < 4.78 is 0. The first-order chi connectivity index (χ1) is 12.1. The van der Waals surface area contributed by atoms with Crippen LogP contribution in [0.15, 0.2) is 23.7 Å². The van der Waals surface area contributed by atoms with Crippen molar-refractivity contribution in [2.75, 3.05) is 13.6 Å². The Morgan fingerprint density at radius 1 is 1.44 bits per heavy atom. The lowest BCUT2D eigenvalue weighted by atomic mass is 10.00. The van der Waals surface area contributed by atoms with E-state index in [1.54, 1.807) is 18.3 Å². The second-order valence-electron chi connectivity index (χ2n) is 6.70. The van der Waals surface area contributed by atoms with Gasteiger partial charge >= 0.3 is 0 Å². The number of hydrogen-bond acceptors (Lipinski definition) is 7. The Bertz CT molecular complexity index is 965. The molecule has 3 atom stereocenters. The highest BCUT2D eigenvalue weighted by molar-refractivity contribution is 7.13. The summed E-state index contributed by atoms with van der Waals surface area (Å²) in [7, 11) is 2.00. The van der Waals surface area contributed by atoms with E-state index in [4.69, 9.17) is 0 Å². The van der Waals surface area contributed by atoms with Gasteiger partial charge < -0.3 is 10.4 Å². The van der Waals surface area contributed by atoms with Gasteiger partial charge in [0.05, 0.1) is 17.1 Å². The molecule has 0 aliphatic carbocycles. The Balaban J connectivity index is 1.57. The average molecular weight is 355 g/mol. The quantitative estimate of drug-likeness (QED) is 0.618. The van der Waals surface area contributed by atoms with Crippen LogP contribution in [-0.4, -0.2) is 62.7 Å². The number of likely N-dealkylation sites (N-methyl/N-ethyl adjacent to an activating group) is 1. The third-order valence-corrected chi connectivity index (χ3v) is 6.19. The summed E-state index contributed by atoms with van der Waals surface area (Å²) in [6, 6.07) is 3.80. The van der Waals surface area contributed by atoms with E-state index in [1.807, 2.05) is 12.4 Å². The van der Waals surface area contributed by atoms with Crippen LogP contribution in [-0.2, 0) is 0 Å². The Kier molecular flexibility index (Phi) is 3.21. The van der Waals surface area contributed by atoms with Crippen molar-refractivity contribution in [3.8, 4) is 16.3 Å². The summed E-state index contributed by atoms with van der Waals surface area (Å²) in [6.07, 6.45) is 2.69. The van der Waals surface area contributed by atoms with E-state index in [1.165, 1.54) is 11.3 Å². The van der Waals surface area contributed by atoms with Gasteiger partial charge in [-0.2, -0.15) is 5.10 Å². The zero-order valence-electron chi connectivity index (χ0n) is 13.6. The van der Waals surface area contributed by atoms with E-state index in [9.17, 15) is 9.90 Å². The molecule has 8 heteroatoms. The van der Waals surface area contributed by atoms with Crippen molar-refractivity contribution in [3.63, 3.8) is 0 Å². The third-order valence-electron chi connectivity index (χ3n) is 5.38. The Morgan fingerprint density at radius 2 is 2.32 bits per heavy atom. The molecule has 1 unspecified atom stereocenters. The van der Waals surface area contributed by atoms with Crippen molar-refractivity contribution in [2.45, 2.75) is 24.5 Å². The molecule has 4 heterocycles. The number of aromatic hydroxyl groups is 1. The van der Waals surface area contributed by atoms with Gasteiger partial charge in [-0.25, -0.2) is 4.98 Å². The lowest BCUT2D eigenvalue weighted by Crippen LogP contribution is -2.53. The number of piperazine rings is 1. The first-order valence-corrected chi connectivity index (χ1v) is 9.12. The summed E-state index contributed by atoms with van der Waals surface area (Å²) in [5.74, 6) is 0.104. The van der Waals surface area contributed by atoms with Crippen LogP contribution in [0.3, 0.4) is 0 Å². The molecule has 2 aromatic heterocycles. The van der Waals surface area contributed by atoms with Crippen LogP contribution in [0.4, 0.5) is 0 Å². The van der Waals surface area contributed by atoms with Gasteiger partial charge in [-0.1, -0.05) is 0 Å². The molecule has 2 bridgehead atoms. The number of hydrogen-bond donors (Lipinski definition) is 3. The predicted molar refractivity (Wildman–Crippen MR) is 94.9 cm³/mol. The maximum absolute atomic E-state index is 13.1. The number of Topliss-reactive ketones (excluding diaryl/α,β-unsaturated/α-hetero) is 1. The fourth-order valence-electron chi connectivity index (χ4n) is 4.09. The van der Waals surface area contributed by atoms with Crippen LogP contribution in [0, 0.1) is 0 Å². The van der Waals surface area contributed by atoms with Gasteiger partial charge in [-0.3, -0.25) is 14.8 Å². The van der Waals surface area contributed by atoms with Crippen molar-refractivity contribution in [1.29, 1.82) is 0 Å². The number of rotatable bonds is 3. The first kappa shape index (κ1) is 15.0. The van der Waals surface area contributed by atoms with Crippen molar-refractivity contribution in [1.82, 2.24) is 25.4 Å². The molecule has 2 fully saturated rings. The number of carbonyl (C=O) groups is 1. The van der Waals surface area contributed by atoms with Gasteiger partial charge in [0.1, 0.15) is 16.5 Å². The Hall–Kier alpha value is -2.29. The number of carbonyl (C=O) groups excluding carboxylic acids is 1. The number of benzene rings is 1. The van der Waals surface area contributed by atoms with E-state index in [0.717, 1.165) is 23.5 Å². The van der Waals surface area contributed by atoms with E-state index >= 15 is 0 Å². The minimum absolute atomic E-state index is 0.00477. The summed E-state index contributed by atoms with van der Waals surface area (Å²) in [6.45, 7) is 0.935. The van der Waals surface area contributed by atoms with Crippen LogP contribution in [0.25, 0.3) is 21.5 Å². The highest BCUT2D eigenvalue weighted by atomic mass is 32.1. The molecule has 0 amide bonds. The minimum atomic E-state index is -0.203. The summed E-state index contributed by atoms with van der Waals surface area (Å²) in [5.41, 5.74) is 1.76. The standard InChI is InChI=1S/C17H17N5O2S/c1-22-8-4-12(19-7-8)15(22)16(24)14-9-6-13(23)10(5-11(9)20-21-14)17-18-2-3-25-17/h2-3,5-6,8,12,15,19,23H,4,7H2,1H3,(H,20,21)/t8-,12+,15?/m0/s1. The number of likely N-dealkylation sites (tertiary alicyclic amines) is 1. The number of thiazole rings is 1. The molecule has 128 valence electrons. The summed E-state index contributed by atoms with van der Waals surface area (Å²) in [5, 5.41) is 24.3. The van der Waals surface area contributed by atoms with E-state index in [0.29, 0.717) is 22.7 Å². The number of H-pyrrole nitrogens is 1. The maximum atomic E-state index is 13.1.